The molecule has 0 radical (unpaired) electrons. The first-order valence-corrected chi connectivity index (χ1v) is 12.6. The smallest absolute Gasteiger partial charge is 0.228 e. The number of aromatic nitrogens is 6. The number of pyridine rings is 4. The highest BCUT2D eigenvalue weighted by molar-refractivity contribution is 5.71. The van der Waals surface area contributed by atoms with Crippen LogP contribution in [-0.2, 0) is 0 Å². The van der Waals surface area contributed by atoms with Crippen molar-refractivity contribution < 1.29 is 8.83 Å². The highest BCUT2D eigenvalue weighted by Crippen LogP contribution is 2.32. The Labute approximate surface area is 229 Å². The van der Waals surface area contributed by atoms with Crippen molar-refractivity contribution in [3.05, 3.63) is 122 Å². The van der Waals surface area contributed by atoms with Crippen molar-refractivity contribution >= 4 is 0 Å². The van der Waals surface area contributed by atoms with Crippen molar-refractivity contribution in [2.75, 3.05) is 0 Å². The molecule has 8 heteroatoms. The van der Waals surface area contributed by atoms with Crippen molar-refractivity contribution in [1.82, 2.24) is 29.9 Å². The number of hydrogen-bond acceptors (Lipinski definition) is 8. The summed E-state index contributed by atoms with van der Waals surface area (Å²) in [6, 6.07) is 23.3. The summed E-state index contributed by atoms with van der Waals surface area (Å²) < 4.78 is 12.3. The van der Waals surface area contributed by atoms with Crippen LogP contribution in [0.5, 0.6) is 0 Å². The Kier molecular flexibility index (Phi) is 5.95. The van der Waals surface area contributed by atoms with E-state index < -0.39 is 0 Å². The van der Waals surface area contributed by atoms with Crippen LogP contribution < -0.4 is 0 Å². The van der Waals surface area contributed by atoms with E-state index in [1.165, 1.54) is 0 Å². The van der Waals surface area contributed by atoms with E-state index in [-0.39, 0.29) is 0 Å². The largest absolute Gasteiger partial charge is 0.436 e. The van der Waals surface area contributed by atoms with Gasteiger partial charge in [0.25, 0.3) is 0 Å². The Balaban J connectivity index is 1.15. The summed E-state index contributed by atoms with van der Waals surface area (Å²) in [7, 11) is 0. The van der Waals surface area contributed by atoms with Crippen LogP contribution >= 0.6 is 0 Å². The van der Waals surface area contributed by atoms with Gasteiger partial charge in [-0.25, -0.2) is 9.97 Å². The van der Waals surface area contributed by atoms with Gasteiger partial charge in [0.15, 0.2) is 11.5 Å². The summed E-state index contributed by atoms with van der Waals surface area (Å²) in [5, 5.41) is 0. The zero-order chi connectivity index (χ0) is 26.7. The molecule has 0 amide bonds. The standard InChI is InChI=1S/C32H20N6O2/c1-3-10-35-27(8-1)23-13-25(17-33-15-23)31-37-19-29(39-31)21-6-5-7-22(12-21)30-20-38-32(40-30)26-14-24(16-34-18-26)28-9-2-4-11-36-28/h1-20H. The summed E-state index contributed by atoms with van der Waals surface area (Å²) in [6.45, 7) is 0. The van der Waals surface area contributed by atoms with E-state index in [1.807, 2.05) is 72.8 Å². The van der Waals surface area contributed by atoms with Crippen LogP contribution in [0, 0.1) is 0 Å². The van der Waals surface area contributed by atoms with Crippen molar-refractivity contribution in [2.24, 2.45) is 0 Å². The van der Waals surface area contributed by atoms with Gasteiger partial charge in [0.05, 0.1) is 34.9 Å². The first-order valence-electron chi connectivity index (χ1n) is 12.6. The monoisotopic (exact) mass is 520 g/mol. The molecule has 0 N–H and O–H groups in total. The molecule has 6 heterocycles. The Morgan fingerprint density at radius 1 is 0.400 bits per heavy atom. The maximum atomic E-state index is 6.14. The van der Waals surface area contributed by atoms with E-state index in [4.69, 9.17) is 8.83 Å². The third kappa shape index (κ3) is 4.65. The van der Waals surface area contributed by atoms with E-state index in [0.717, 1.165) is 44.8 Å². The number of hydrogen-bond donors (Lipinski definition) is 0. The first kappa shape index (κ1) is 23.4. The van der Waals surface area contributed by atoms with Crippen LogP contribution in [0.4, 0.5) is 0 Å². The summed E-state index contributed by atoms with van der Waals surface area (Å²) >= 11 is 0. The minimum Gasteiger partial charge on any atom is -0.436 e. The molecule has 40 heavy (non-hydrogen) atoms. The average molecular weight is 521 g/mol. The summed E-state index contributed by atoms with van der Waals surface area (Å²) in [6.07, 6.45) is 13.9. The molecule has 7 rings (SSSR count). The van der Waals surface area contributed by atoms with E-state index in [2.05, 4.69) is 29.9 Å². The first-order chi connectivity index (χ1) is 19.8. The van der Waals surface area contributed by atoms with E-state index >= 15 is 0 Å². The lowest BCUT2D eigenvalue weighted by molar-refractivity contribution is 0.586. The third-order valence-corrected chi connectivity index (χ3v) is 6.33. The number of rotatable bonds is 6. The Bertz CT molecular complexity index is 1780. The Hall–Kier alpha value is -5.76. The highest BCUT2D eigenvalue weighted by atomic mass is 16.4. The Morgan fingerprint density at radius 3 is 1.35 bits per heavy atom. The van der Waals surface area contributed by atoms with Gasteiger partial charge in [-0.05, 0) is 42.5 Å². The fourth-order valence-electron chi connectivity index (χ4n) is 4.37. The fourth-order valence-corrected chi connectivity index (χ4v) is 4.37. The summed E-state index contributed by atoms with van der Waals surface area (Å²) in [4.78, 5) is 26.5. The molecule has 8 nitrogen and oxygen atoms in total. The topological polar surface area (TPSA) is 104 Å². The summed E-state index contributed by atoms with van der Waals surface area (Å²) in [5.74, 6) is 2.22. The van der Waals surface area contributed by atoms with Gasteiger partial charge in [-0.15, -0.1) is 0 Å². The molecular formula is C32H20N6O2. The normalized spacial score (nSPS) is 11.0. The Morgan fingerprint density at radius 2 is 0.875 bits per heavy atom. The maximum absolute atomic E-state index is 6.14. The van der Waals surface area contributed by atoms with E-state index in [9.17, 15) is 0 Å². The SMILES string of the molecule is c1ccc(-c2cncc(-c3ncc(-c4cccc(-c5cnc(-c6cncc(-c7ccccn7)c6)o5)c4)o3)c2)nc1. The second kappa shape index (κ2) is 10.2. The van der Waals surface area contributed by atoms with Crippen molar-refractivity contribution in [3.8, 4) is 68.1 Å². The maximum Gasteiger partial charge on any atom is 0.228 e. The molecule has 0 spiro atoms. The molecule has 0 bridgehead atoms. The van der Waals surface area contributed by atoms with Crippen molar-refractivity contribution in [3.63, 3.8) is 0 Å². The number of oxazole rings is 2. The molecular weight excluding hydrogens is 500 g/mol. The zero-order valence-corrected chi connectivity index (χ0v) is 21.0. The molecule has 0 saturated heterocycles. The predicted octanol–water partition coefficient (Wildman–Crippen LogP) is 7.24. The lowest BCUT2D eigenvalue weighted by Gasteiger charge is -2.03. The molecule has 1 aromatic carbocycles. The van der Waals surface area contributed by atoms with Crippen LogP contribution in [0.15, 0.2) is 131 Å². The molecule has 190 valence electrons. The molecule has 7 aromatic rings. The molecule has 0 atom stereocenters. The molecule has 0 saturated carbocycles. The van der Waals surface area contributed by atoms with Gasteiger partial charge in [0.2, 0.25) is 11.8 Å². The number of nitrogens with zero attached hydrogens (tertiary/aromatic N) is 6. The van der Waals surface area contributed by atoms with E-state index in [1.54, 1.807) is 49.6 Å². The average Bonchev–Trinajstić information content (AvgIpc) is 3.74. The molecule has 0 aliphatic heterocycles. The number of benzene rings is 1. The van der Waals surface area contributed by atoms with Crippen LogP contribution in [0.3, 0.4) is 0 Å². The molecule has 0 aliphatic rings. The minimum atomic E-state index is 0.480. The second-order valence-corrected chi connectivity index (χ2v) is 8.99. The highest BCUT2D eigenvalue weighted by Gasteiger charge is 2.14. The van der Waals surface area contributed by atoms with Gasteiger partial charge < -0.3 is 8.83 Å². The van der Waals surface area contributed by atoms with Gasteiger partial charge in [0.1, 0.15) is 0 Å². The molecule has 0 fully saturated rings. The molecule has 0 aliphatic carbocycles. The molecule has 0 unspecified atom stereocenters. The van der Waals surface area contributed by atoms with Gasteiger partial charge in [-0.1, -0.05) is 30.3 Å². The minimum absolute atomic E-state index is 0.480. The fraction of sp³-hybridized carbons (Fsp3) is 0. The summed E-state index contributed by atoms with van der Waals surface area (Å²) in [5.41, 5.74) is 6.72. The van der Waals surface area contributed by atoms with E-state index in [0.29, 0.717) is 23.3 Å². The lowest BCUT2D eigenvalue weighted by atomic mass is 10.1. The van der Waals surface area contributed by atoms with Gasteiger partial charge in [-0.3, -0.25) is 19.9 Å². The zero-order valence-electron chi connectivity index (χ0n) is 21.0. The van der Waals surface area contributed by atoms with Crippen molar-refractivity contribution in [1.29, 1.82) is 0 Å². The van der Waals surface area contributed by atoms with Crippen molar-refractivity contribution in [2.45, 2.75) is 0 Å². The van der Waals surface area contributed by atoms with Crippen LogP contribution in [0.1, 0.15) is 0 Å². The van der Waals surface area contributed by atoms with Gasteiger partial charge >= 0.3 is 0 Å². The quantitative estimate of drug-likeness (QED) is 0.226. The predicted molar refractivity (Wildman–Crippen MR) is 150 cm³/mol. The van der Waals surface area contributed by atoms with Crippen LogP contribution in [0.2, 0.25) is 0 Å². The second-order valence-electron chi connectivity index (χ2n) is 8.99. The van der Waals surface area contributed by atoms with Crippen LogP contribution in [0.25, 0.3) is 68.1 Å². The van der Waals surface area contributed by atoms with Crippen LogP contribution in [-0.4, -0.2) is 29.9 Å². The van der Waals surface area contributed by atoms with Gasteiger partial charge in [-0.2, -0.15) is 0 Å². The van der Waals surface area contributed by atoms with Gasteiger partial charge in [0, 0.05) is 59.4 Å². The molecule has 6 aromatic heterocycles. The third-order valence-electron chi connectivity index (χ3n) is 6.33. The lowest BCUT2D eigenvalue weighted by Crippen LogP contribution is -1.86.